The van der Waals surface area contributed by atoms with Crippen LogP contribution in [0, 0.1) is 0 Å². The summed E-state index contributed by atoms with van der Waals surface area (Å²) in [5.41, 5.74) is -0.164. The average molecular weight is 702 g/mol. The first-order valence-corrected chi connectivity index (χ1v) is 15.8. The van der Waals surface area contributed by atoms with E-state index in [0.29, 0.717) is 48.0 Å². The third-order valence-corrected chi connectivity index (χ3v) is 8.05. The van der Waals surface area contributed by atoms with Crippen LogP contribution in [-0.4, -0.2) is 75.3 Å². The van der Waals surface area contributed by atoms with E-state index in [1.807, 2.05) is 11.8 Å². The number of carbonyl (C=O) groups excluding carboxylic acids is 2. The van der Waals surface area contributed by atoms with Crippen molar-refractivity contribution in [3.8, 4) is 17.1 Å². The smallest absolute Gasteiger partial charge is 0.416 e. The number of rotatable bonds is 7. The van der Waals surface area contributed by atoms with Crippen LogP contribution < -0.4 is 20.4 Å². The van der Waals surface area contributed by atoms with Gasteiger partial charge in [0.05, 0.1) is 35.3 Å². The molecule has 4 heterocycles. The minimum absolute atomic E-state index is 0.00425. The molecule has 1 aliphatic rings. The van der Waals surface area contributed by atoms with Crippen molar-refractivity contribution in [2.45, 2.75) is 52.4 Å². The summed E-state index contributed by atoms with van der Waals surface area (Å²) in [7, 11) is 1.47. The zero-order chi connectivity index (χ0) is 35.7. The van der Waals surface area contributed by atoms with E-state index >= 15 is 0 Å². The second kappa shape index (κ2) is 13.9. The Bertz CT molecular complexity index is 1950. The van der Waals surface area contributed by atoms with Crippen LogP contribution in [0.5, 0.6) is 5.88 Å². The van der Waals surface area contributed by atoms with Crippen LogP contribution >= 0.6 is 11.6 Å². The van der Waals surface area contributed by atoms with E-state index in [0.717, 1.165) is 18.2 Å². The first kappa shape index (κ1) is 35.4. The lowest BCUT2D eigenvalue weighted by Gasteiger charge is -2.37. The molecular formula is C33H35ClF3N7O5. The molecule has 1 fully saturated rings. The number of hydrogen-bond acceptors (Lipinski definition) is 9. The third kappa shape index (κ3) is 7.88. The molecular weight excluding hydrogens is 667 g/mol. The van der Waals surface area contributed by atoms with E-state index < -0.39 is 34.8 Å². The summed E-state index contributed by atoms with van der Waals surface area (Å²) in [6.45, 7) is 7.98. The Hall–Kier alpha value is -4.92. The van der Waals surface area contributed by atoms with Gasteiger partial charge in [-0.3, -0.25) is 9.59 Å². The molecule has 2 amide bonds. The predicted molar refractivity (Wildman–Crippen MR) is 178 cm³/mol. The molecule has 0 radical (unpaired) electrons. The van der Waals surface area contributed by atoms with Gasteiger partial charge in [0.1, 0.15) is 17.8 Å². The predicted octanol–water partition coefficient (Wildman–Crippen LogP) is 5.79. The van der Waals surface area contributed by atoms with Gasteiger partial charge in [-0.05, 0) is 51.5 Å². The summed E-state index contributed by atoms with van der Waals surface area (Å²) in [6, 6.07) is 5.98. The van der Waals surface area contributed by atoms with E-state index in [4.69, 9.17) is 21.1 Å². The van der Waals surface area contributed by atoms with Gasteiger partial charge in [-0.25, -0.2) is 19.7 Å². The fourth-order valence-corrected chi connectivity index (χ4v) is 5.70. The Balaban J connectivity index is 1.56. The van der Waals surface area contributed by atoms with Gasteiger partial charge in [-0.1, -0.05) is 18.5 Å². The van der Waals surface area contributed by atoms with Crippen molar-refractivity contribution < 1.29 is 32.2 Å². The molecule has 16 heteroatoms. The van der Waals surface area contributed by atoms with Gasteiger partial charge in [-0.15, -0.1) is 0 Å². The van der Waals surface area contributed by atoms with Crippen molar-refractivity contribution >= 4 is 46.1 Å². The highest BCUT2D eigenvalue weighted by molar-refractivity contribution is 6.33. The molecule has 1 N–H and O–H groups in total. The third-order valence-electron chi connectivity index (χ3n) is 7.73. The molecule has 0 bridgehead atoms. The summed E-state index contributed by atoms with van der Waals surface area (Å²) in [6.07, 6.45) is -1.75. The molecule has 0 spiro atoms. The lowest BCUT2D eigenvalue weighted by molar-refractivity contribution is -0.137. The number of nitrogens with zero attached hydrogens (tertiary/aromatic N) is 6. The minimum atomic E-state index is -4.61. The number of pyridine rings is 2. The van der Waals surface area contributed by atoms with Gasteiger partial charge in [0.15, 0.2) is 11.2 Å². The number of fused-ring (bicyclic) bond motifs is 1. The van der Waals surface area contributed by atoms with Crippen molar-refractivity contribution in [3.63, 3.8) is 0 Å². The zero-order valence-electron chi connectivity index (χ0n) is 27.5. The van der Waals surface area contributed by atoms with Crippen LogP contribution in [0.3, 0.4) is 0 Å². The first-order chi connectivity index (χ1) is 23.1. The second-order valence-corrected chi connectivity index (χ2v) is 12.7. The summed E-state index contributed by atoms with van der Waals surface area (Å²) < 4.78 is 51.9. The van der Waals surface area contributed by atoms with Crippen LogP contribution in [0.4, 0.5) is 29.3 Å². The van der Waals surface area contributed by atoms with Crippen molar-refractivity contribution in [2.24, 2.45) is 0 Å². The molecule has 0 atom stereocenters. The fourth-order valence-electron chi connectivity index (χ4n) is 5.47. The normalized spacial score (nSPS) is 13.8. The van der Waals surface area contributed by atoms with Crippen molar-refractivity contribution in [1.82, 2.24) is 24.4 Å². The van der Waals surface area contributed by atoms with E-state index in [1.165, 1.54) is 19.5 Å². The van der Waals surface area contributed by atoms with Crippen LogP contribution in [0.1, 0.15) is 39.0 Å². The Morgan fingerprint density at radius 1 is 1.04 bits per heavy atom. The molecule has 5 rings (SSSR count). The molecule has 0 unspecified atom stereocenters. The maximum atomic E-state index is 14.3. The maximum absolute atomic E-state index is 14.3. The molecule has 49 heavy (non-hydrogen) atoms. The number of methoxy groups -OCH3 is 1. The summed E-state index contributed by atoms with van der Waals surface area (Å²) in [4.78, 5) is 57.3. The largest absolute Gasteiger partial charge is 0.481 e. The molecule has 1 aromatic carbocycles. The van der Waals surface area contributed by atoms with Gasteiger partial charge in [0.2, 0.25) is 17.2 Å². The number of aromatic nitrogens is 4. The van der Waals surface area contributed by atoms with Gasteiger partial charge in [-0.2, -0.15) is 13.2 Å². The number of hydrogen-bond donors (Lipinski definition) is 1. The minimum Gasteiger partial charge on any atom is -0.481 e. The average Bonchev–Trinajstić information content (AvgIpc) is 3.05. The van der Waals surface area contributed by atoms with E-state index in [2.05, 4.69) is 20.3 Å². The van der Waals surface area contributed by atoms with Gasteiger partial charge in [0, 0.05) is 49.7 Å². The molecule has 0 aliphatic carbocycles. The van der Waals surface area contributed by atoms with Crippen molar-refractivity contribution in [2.75, 3.05) is 43.5 Å². The van der Waals surface area contributed by atoms with Gasteiger partial charge in [0.25, 0.3) is 0 Å². The number of anilines is 2. The number of carbonyl (C=O) groups is 2. The van der Waals surface area contributed by atoms with Crippen molar-refractivity contribution in [3.05, 3.63) is 69.2 Å². The van der Waals surface area contributed by atoms with Crippen molar-refractivity contribution in [1.29, 1.82) is 0 Å². The summed E-state index contributed by atoms with van der Waals surface area (Å²) in [5, 5.41) is 2.29. The molecule has 0 saturated carbocycles. The Morgan fingerprint density at radius 2 is 1.76 bits per heavy atom. The fraction of sp³-hybridized carbons (Fsp3) is 0.394. The molecule has 1 saturated heterocycles. The van der Waals surface area contributed by atoms with E-state index in [9.17, 15) is 27.6 Å². The quantitative estimate of drug-likeness (QED) is 0.254. The summed E-state index contributed by atoms with van der Waals surface area (Å²) in [5.74, 6) is -0.285. The van der Waals surface area contributed by atoms with Crippen LogP contribution in [-0.2, 0) is 28.7 Å². The number of ether oxygens (including phenoxy) is 2. The first-order valence-electron chi connectivity index (χ1n) is 15.4. The Morgan fingerprint density at radius 3 is 2.37 bits per heavy atom. The molecule has 12 nitrogen and oxygen atoms in total. The van der Waals surface area contributed by atoms with Gasteiger partial charge >= 0.3 is 12.3 Å². The van der Waals surface area contributed by atoms with Crippen LogP contribution in [0.2, 0.25) is 5.02 Å². The molecule has 4 aromatic rings. The zero-order valence-corrected chi connectivity index (χ0v) is 28.3. The Kier molecular flexibility index (Phi) is 10.0. The maximum Gasteiger partial charge on any atom is 0.416 e. The van der Waals surface area contributed by atoms with E-state index in [-0.39, 0.29) is 41.5 Å². The lowest BCUT2D eigenvalue weighted by atomic mass is 10.1. The number of nitrogens with one attached hydrogen (secondary N) is 1. The highest BCUT2D eigenvalue weighted by Crippen LogP contribution is 2.34. The highest BCUT2D eigenvalue weighted by atomic mass is 35.5. The molecule has 260 valence electrons. The number of benzene rings is 1. The Labute approximate surface area is 284 Å². The summed E-state index contributed by atoms with van der Waals surface area (Å²) >= 11 is 6.11. The SMILES string of the molecule is CCc1c(N2CCN(C(=O)OC(C)(C)C)CC2)c(=O)c2nc(-c3ccnc(OC)c3)cnc2n1CC(=O)Nc1ccc(C(F)(F)F)cc1Cl. The monoisotopic (exact) mass is 701 g/mol. The lowest BCUT2D eigenvalue weighted by Crippen LogP contribution is -2.51. The molecule has 1 aliphatic heterocycles. The standard InChI is InChI=1S/C33H35ClF3N7O5/c1-6-24-28(42-11-13-43(14-12-42)31(47)49-32(2,3)4)29(46)27-30(39-17-23(41-27)19-9-10-38-26(15-19)48-5)44(24)18-25(45)40-22-8-7-20(16-21(22)34)33(35,36)37/h7-10,15-17H,6,11-14,18H2,1-5H3,(H,40,45). The second-order valence-electron chi connectivity index (χ2n) is 12.3. The van der Waals surface area contributed by atoms with E-state index in [1.54, 1.807) is 42.4 Å². The number of alkyl halides is 3. The highest BCUT2D eigenvalue weighted by Gasteiger charge is 2.32. The number of amides is 2. The van der Waals surface area contributed by atoms with Crippen LogP contribution in [0.15, 0.2) is 47.5 Å². The topological polar surface area (TPSA) is 132 Å². The van der Waals surface area contributed by atoms with Gasteiger partial charge < -0.3 is 29.2 Å². The molecule has 3 aromatic heterocycles. The number of piperazine rings is 1. The van der Waals surface area contributed by atoms with Crippen LogP contribution in [0.25, 0.3) is 22.4 Å². The number of halogens is 4.